The van der Waals surface area contributed by atoms with Crippen LogP contribution in [0.25, 0.3) is 0 Å². The largest absolute Gasteiger partial charge is 0.494 e. The predicted octanol–water partition coefficient (Wildman–Crippen LogP) is 4.64. The van der Waals surface area contributed by atoms with E-state index >= 15 is 0 Å². The number of hydrogen-bond acceptors (Lipinski definition) is 2. The highest BCUT2D eigenvalue weighted by atomic mass is 19.1. The van der Waals surface area contributed by atoms with Crippen LogP contribution in [0.1, 0.15) is 44.0 Å². The van der Waals surface area contributed by atoms with Gasteiger partial charge in [0, 0.05) is 12.1 Å². The molecule has 0 amide bonds. The molecule has 0 aliphatic heterocycles. The zero-order valence-corrected chi connectivity index (χ0v) is 12.8. The molecule has 21 heavy (non-hydrogen) atoms. The Hall–Kier alpha value is -1.87. The molecule has 0 aromatic heterocycles. The highest BCUT2D eigenvalue weighted by Gasteiger charge is 2.11. The summed E-state index contributed by atoms with van der Waals surface area (Å²) in [6, 6.07) is 15.1. The maximum atomic E-state index is 12.9. The molecule has 0 radical (unpaired) electrons. The van der Waals surface area contributed by atoms with Crippen LogP contribution in [0.2, 0.25) is 0 Å². The second kappa shape index (κ2) is 7.23. The lowest BCUT2D eigenvalue weighted by molar-refractivity contribution is 0.340. The van der Waals surface area contributed by atoms with Gasteiger partial charge < -0.3 is 10.1 Å². The first-order valence-electron chi connectivity index (χ1n) is 7.34. The molecule has 0 saturated heterocycles. The van der Waals surface area contributed by atoms with Crippen molar-refractivity contribution in [1.82, 2.24) is 5.32 Å². The van der Waals surface area contributed by atoms with Crippen LogP contribution in [0, 0.1) is 5.82 Å². The van der Waals surface area contributed by atoms with Crippen molar-refractivity contribution in [1.29, 1.82) is 0 Å². The summed E-state index contributed by atoms with van der Waals surface area (Å²) in [6.07, 6.45) is 0. The lowest BCUT2D eigenvalue weighted by Crippen LogP contribution is -2.22. The van der Waals surface area contributed by atoms with E-state index in [1.807, 2.05) is 31.2 Å². The van der Waals surface area contributed by atoms with Crippen LogP contribution in [0.4, 0.5) is 4.39 Å². The molecule has 2 nitrogen and oxygen atoms in total. The minimum absolute atomic E-state index is 0.159. The van der Waals surface area contributed by atoms with E-state index in [2.05, 4.69) is 31.3 Å². The smallest absolute Gasteiger partial charge is 0.123 e. The SMILES string of the molecule is CCOc1ccc(C(C)N[C@@H](C)c2ccc(F)cc2)cc1. The van der Waals surface area contributed by atoms with Crippen molar-refractivity contribution in [3.8, 4) is 5.75 Å². The van der Waals surface area contributed by atoms with Crippen LogP contribution in [0.5, 0.6) is 5.75 Å². The van der Waals surface area contributed by atoms with E-state index in [1.54, 1.807) is 0 Å². The molecule has 2 atom stereocenters. The zero-order chi connectivity index (χ0) is 15.2. The Morgan fingerprint density at radius 3 is 1.86 bits per heavy atom. The Morgan fingerprint density at radius 2 is 1.38 bits per heavy atom. The van der Waals surface area contributed by atoms with Crippen molar-refractivity contribution in [2.45, 2.75) is 32.9 Å². The third-order valence-electron chi connectivity index (χ3n) is 3.56. The highest BCUT2D eigenvalue weighted by Crippen LogP contribution is 2.21. The van der Waals surface area contributed by atoms with Gasteiger partial charge in [0.1, 0.15) is 11.6 Å². The summed E-state index contributed by atoms with van der Waals surface area (Å²) in [6.45, 7) is 6.85. The quantitative estimate of drug-likeness (QED) is 0.836. The number of rotatable bonds is 6. The van der Waals surface area contributed by atoms with Crippen molar-refractivity contribution in [2.24, 2.45) is 0 Å². The molecule has 1 N–H and O–H groups in total. The van der Waals surface area contributed by atoms with Gasteiger partial charge in [-0.1, -0.05) is 24.3 Å². The standard InChI is InChI=1S/C18H22FNO/c1-4-21-18-11-7-16(8-12-18)14(3)20-13(2)15-5-9-17(19)10-6-15/h5-14,20H,4H2,1-3H3/t13-,14?/m0/s1. The summed E-state index contributed by atoms with van der Waals surface area (Å²) in [4.78, 5) is 0. The summed E-state index contributed by atoms with van der Waals surface area (Å²) in [7, 11) is 0. The fraction of sp³-hybridized carbons (Fsp3) is 0.333. The number of ether oxygens (including phenoxy) is 1. The van der Waals surface area contributed by atoms with Crippen molar-refractivity contribution in [3.63, 3.8) is 0 Å². The molecule has 1 unspecified atom stereocenters. The van der Waals surface area contributed by atoms with Gasteiger partial charge in [0.25, 0.3) is 0 Å². The molecule has 0 bridgehead atoms. The average molecular weight is 287 g/mol. The van der Waals surface area contributed by atoms with Gasteiger partial charge >= 0.3 is 0 Å². The molecular formula is C18H22FNO. The average Bonchev–Trinajstić information content (AvgIpc) is 2.49. The maximum absolute atomic E-state index is 12.9. The van der Waals surface area contributed by atoms with Crippen LogP contribution in [-0.4, -0.2) is 6.61 Å². The highest BCUT2D eigenvalue weighted by molar-refractivity contribution is 5.29. The molecule has 3 heteroatoms. The van der Waals surface area contributed by atoms with Gasteiger partial charge in [-0.2, -0.15) is 0 Å². The van der Waals surface area contributed by atoms with Crippen LogP contribution < -0.4 is 10.1 Å². The Morgan fingerprint density at radius 1 is 0.905 bits per heavy atom. The van der Waals surface area contributed by atoms with Gasteiger partial charge in [-0.25, -0.2) is 4.39 Å². The van der Waals surface area contributed by atoms with Gasteiger partial charge in [0.05, 0.1) is 6.61 Å². The summed E-state index contributed by atoms with van der Waals surface area (Å²) in [5.74, 6) is 0.686. The van der Waals surface area contributed by atoms with Gasteiger partial charge in [0.15, 0.2) is 0 Å². The molecule has 112 valence electrons. The van der Waals surface area contributed by atoms with Crippen molar-refractivity contribution >= 4 is 0 Å². The van der Waals surface area contributed by atoms with Crippen molar-refractivity contribution in [3.05, 3.63) is 65.5 Å². The predicted molar refractivity (Wildman–Crippen MR) is 84.0 cm³/mol. The molecule has 0 saturated carbocycles. The van der Waals surface area contributed by atoms with Gasteiger partial charge in [-0.05, 0) is 56.2 Å². The van der Waals surface area contributed by atoms with Gasteiger partial charge in [-0.15, -0.1) is 0 Å². The molecule has 2 aromatic carbocycles. The Kier molecular flexibility index (Phi) is 5.34. The fourth-order valence-electron chi connectivity index (χ4n) is 2.34. The van der Waals surface area contributed by atoms with E-state index in [0.29, 0.717) is 6.61 Å². The summed E-state index contributed by atoms with van der Waals surface area (Å²) in [5, 5.41) is 3.52. The van der Waals surface area contributed by atoms with Crippen LogP contribution in [0.3, 0.4) is 0 Å². The van der Waals surface area contributed by atoms with E-state index < -0.39 is 0 Å². The number of nitrogens with one attached hydrogen (secondary N) is 1. The second-order valence-corrected chi connectivity index (χ2v) is 5.16. The number of benzene rings is 2. The Balaban J connectivity index is 1.99. The van der Waals surface area contributed by atoms with Crippen LogP contribution >= 0.6 is 0 Å². The lowest BCUT2D eigenvalue weighted by Gasteiger charge is -2.21. The maximum Gasteiger partial charge on any atom is 0.123 e. The summed E-state index contributed by atoms with van der Waals surface area (Å²) >= 11 is 0. The molecule has 2 rings (SSSR count). The number of halogens is 1. The van der Waals surface area contributed by atoms with E-state index in [-0.39, 0.29) is 17.9 Å². The first kappa shape index (κ1) is 15.5. The Labute approximate surface area is 126 Å². The first-order chi connectivity index (χ1) is 10.1. The molecule has 0 heterocycles. The topological polar surface area (TPSA) is 21.3 Å². The summed E-state index contributed by atoms with van der Waals surface area (Å²) < 4.78 is 18.4. The zero-order valence-electron chi connectivity index (χ0n) is 12.8. The Bertz CT molecular complexity index is 550. The third-order valence-corrected chi connectivity index (χ3v) is 3.56. The molecule has 0 fully saturated rings. The summed E-state index contributed by atoms with van der Waals surface area (Å²) in [5.41, 5.74) is 2.28. The molecular weight excluding hydrogens is 265 g/mol. The lowest BCUT2D eigenvalue weighted by atomic mass is 10.0. The van der Waals surface area contributed by atoms with Crippen LogP contribution in [0.15, 0.2) is 48.5 Å². The molecule has 2 aromatic rings. The second-order valence-electron chi connectivity index (χ2n) is 5.16. The minimum Gasteiger partial charge on any atom is -0.494 e. The fourth-order valence-corrected chi connectivity index (χ4v) is 2.34. The third kappa shape index (κ3) is 4.30. The van der Waals surface area contributed by atoms with Crippen LogP contribution in [-0.2, 0) is 0 Å². The molecule has 0 aliphatic rings. The van der Waals surface area contributed by atoms with Crippen molar-refractivity contribution < 1.29 is 9.13 Å². The normalized spacial score (nSPS) is 13.7. The molecule has 0 spiro atoms. The van der Waals surface area contributed by atoms with Gasteiger partial charge in [0.2, 0.25) is 0 Å². The van der Waals surface area contributed by atoms with E-state index in [4.69, 9.17) is 4.74 Å². The van der Waals surface area contributed by atoms with E-state index in [9.17, 15) is 4.39 Å². The van der Waals surface area contributed by atoms with Crippen molar-refractivity contribution in [2.75, 3.05) is 6.61 Å². The minimum atomic E-state index is -0.203. The van der Waals surface area contributed by atoms with E-state index in [0.717, 1.165) is 11.3 Å². The van der Waals surface area contributed by atoms with E-state index in [1.165, 1.54) is 17.7 Å². The number of hydrogen-bond donors (Lipinski definition) is 1. The molecule has 0 aliphatic carbocycles. The first-order valence-corrected chi connectivity index (χ1v) is 7.34. The van der Waals surface area contributed by atoms with Gasteiger partial charge in [-0.3, -0.25) is 0 Å². The monoisotopic (exact) mass is 287 g/mol.